The maximum atomic E-state index is 4.13. The fourth-order valence-corrected chi connectivity index (χ4v) is 1.77. The molecule has 1 aromatic heterocycles. The van der Waals surface area contributed by atoms with Gasteiger partial charge in [-0.2, -0.15) is 5.10 Å². The van der Waals surface area contributed by atoms with Gasteiger partial charge in [0.05, 0.1) is 0 Å². The minimum atomic E-state index is 0.628. The van der Waals surface area contributed by atoms with Gasteiger partial charge in [-0.05, 0) is 38.8 Å². The molecule has 0 atom stereocenters. The van der Waals surface area contributed by atoms with E-state index in [2.05, 4.69) is 48.8 Å². The summed E-state index contributed by atoms with van der Waals surface area (Å²) in [5, 5.41) is 4.13. The second kappa shape index (κ2) is 3.93. The lowest BCUT2D eigenvalue weighted by molar-refractivity contribution is 0.693. The zero-order valence-corrected chi connectivity index (χ0v) is 9.11. The molecule has 0 aliphatic carbocycles. The molecule has 0 amide bonds. The summed E-state index contributed by atoms with van der Waals surface area (Å²) in [4.78, 5) is 0. The van der Waals surface area contributed by atoms with Crippen molar-refractivity contribution in [3.8, 4) is 11.8 Å². The van der Waals surface area contributed by atoms with Crippen molar-refractivity contribution >= 4 is 31.9 Å². The van der Waals surface area contributed by atoms with Gasteiger partial charge >= 0.3 is 0 Å². The molecule has 1 heterocycles. The lowest BCUT2D eigenvalue weighted by atomic mass is 10.6. The third kappa shape index (κ3) is 2.35. The summed E-state index contributed by atoms with van der Waals surface area (Å²) in [6.45, 7) is 2.44. The molecule has 58 valence electrons. The lowest BCUT2D eigenvalue weighted by Gasteiger charge is -1.93. The Labute approximate surface area is 82.2 Å². The second-order valence-corrected chi connectivity index (χ2v) is 3.50. The van der Waals surface area contributed by atoms with Crippen LogP contribution in [0.5, 0.6) is 0 Å². The molecule has 0 aromatic carbocycles. The maximum absolute atomic E-state index is 4.13. The SMILES string of the molecule is CC#CCn1nc(Br)cc1Br. The van der Waals surface area contributed by atoms with Gasteiger partial charge in [0.2, 0.25) is 0 Å². The van der Waals surface area contributed by atoms with Gasteiger partial charge in [-0.15, -0.1) is 5.92 Å². The van der Waals surface area contributed by atoms with Crippen molar-refractivity contribution in [1.29, 1.82) is 0 Å². The van der Waals surface area contributed by atoms with Crippen LogP contribution in [0.15, 0.2) is 15.3 Å². The van der Waals surface area contributed by atoms with Gasteiger partial charge in [0.25, 0.3) is 0 Å². The van der Waals surface area contributed by atoms with Crippen LogP contribution in [0.4, 0.5) is 0 Å². The van der Waals surface area contributed by atoms with E-state index in [0.29, 0.717) is 6.54 Å². The Kier molecular flexibility index (Phi) is 3.16. The summed E-state index contributed by atoms with van der Waals surface area (Å²) < 4.78 is 3.54. The zero-order chi connectivity index (χ0) is 8.27. The van der Waals surface area contributed by atoms with Crippen LogP contribution in [0.25, 0.3) is 0 Å². The first-order valence-electron chi connectivity index (χ1n) is 3.02. The molecule has 2 nitrogen and oxygen atoms in total. The highest BCUT2D eigenvalue weighted by Crippen LogP contribution is 2.15. The lowest BCUT2D eigenvalue weighted by Crippen LogP contribution is -1.97. The predicted octanol–water partition coefficient (Wildman–Crippen LogP) is 2.43. The van der Waals surface area contributed by atoms with E-state index in [4.69, 9.17) is 0 Å². The molecule has 0 unspecified atom stereocenters. The molecule has 0 aliphatic rings. The second-order valence-electron chi connectivity index (χ2n) is 1.87. The molecule has 0 N–H and O–H groups in total. The van der Waals surface area contributed by atoms with E-state index in [9.17, 15) is 0 Å². The van der Waals surface area contributed by atoms with Crippen molar-refractivity contribution in [3.05, 3.63) is 15.3 Å². The van der Waals surface area contributed by atoms with Crippen LogP contribution < -0.4 is 0 Å². The molecular formula is C7H6Br2N2. The van der Waals surface area contributed by atoms with Gasteiger partial charge in [-0.25, -0.2) is 4.68 Å². The Morgan fingerprint density at radius 3 is 2.82 bits per heavy atom. The molecule has 4 heteroatoms. The minimum absolute atomic E-state index is 0.628. The van der Waals surface area contributed by atoms with Gasteiger partial charge in [0.15, 0.2) is 0 Å². The molecule has 11 heavy (non-hydrogen) atoms. The average molecular weight is 278 g/mol. The van der Waals surface area contributed by atoms with Crippen LogP contribution >= 0.6 is 31.9 Å². The third-order valence-corrected chi connectivity index (χ3v) is 2.13. The molecule has 0 saturated carbocycles. The van der Waals surface area contributed by atoms with Crippen LogP contribution in [-0.2, 0) is 6.54 Å². The van der Waals surface area contributed by atoms with Crippen molar-refractivity contribution < 1.29 is 0 Å². The highest BCUT2D eigenvalue weighted by Gasteiger charge is 1.99. The van der Waals surface area contributed by atoms with E-state index >= 15 is 0 Å². The summed E-state index contributed by atoms with van der Waals surface area (Å²) in [6, 6.07) is 1.89. The Balaban J connectivity index is 2.82. The Hall–Kier alpha value is -0.270. The Morgan fingerprint density at radius 2 is 2.36 bits per heavy atom. The molecule has 0 spiro atoms. The van der Waals surface area contributed by atoms with Crippen LogP contribution in [0, 0.1) is 11.8 Å². The zero-order valence-electron chi connectivity index (χ0n) is 5.93. The van der Waals surface area contributed by atoms with Crippen LogP contribution in [0.1, 0.15) is 6.92 Å². The van der Waals surface area contributed by atoms with Gasteiger partial charge in [0.1, 0.15) is 15.8 Å². The van der Waals surface area contributed by atoms with Gasteiger partial charge in [-0.1, -0.05) is 5.92 Å². The number of halogens is 2. The van der Waals surface area contributed by atoms with Gasteiger partial charge in [-0.3, -0.25) is 0 Å². The molecule has 0 saturated heterocycles. The van der Waals surface area contributed by atoms with Crippen molar-refractivity contribution in [2.75, 3.05) is 0 Å². The largest absolute Gasteiger partial charge is 0.245 e. The highest BCUT2D eigenvalue weighted by molar-refractivity contribution is 9.11. The fourth-order valence-electron chi connectivity index (χ4n) is 0.630. The molecule has 0 fully saturated rings. The Morgan fingerprint density at radius 1 is 1.64 bits per heavy atom. The highest BCUT2D eigenvalue weighted by atomic mass is 79.9. The molecular weight excluding hydrogens is 272 g/mol. The number of hydrogen-bond acceptors (Lipinski definition) is 1. The summed E-state index contributed by atoms with van der Waals surface area (Å²) in [5.74, 6) is 5.72. The van der Waals surface area contributed by atoms with Gasteiger partial charge in [0, 0.05) is 6.07 Å². The maximum Gasteiger partial charge on any atom is 0.129 e. The third-order valence-electron chi connectivity index (χ3n) is 1.11. The smallest absolute Gasteiger partial charge is 0.129 e. The van der Waals surface area contributed by atoms with E-state index in [1.54, 1.807) is 4.68 Å². The van der Waals surface area contributed by atoms with Crippen molar-refractivity contribution in [3.63, 3.8) is 0 Å². The van der Waals surface area contributed by atoms with E-state index in [-0.39, 0.29) is 0 Å². The Bertz CT molecular complexity index is 306. The summed E-state index contributed by atoms with van der Waals surface area (Å²) in [5.41, 5.74) is 0. The standard InChI is InChI=1S/C7H6Br2N2/c1-2-3-4-11-7(9)5-6(8)10-11/h5H,4H2,1H3. The number of hydrogen-bond donors (Lipinski definition) is 0. The molecule has 0 aliphatic heterocycles. The van der Waals surface area contributed by atoms with Crippen molar-refractivity contribution in [2.24, 2.45) is 0 Å². The molecule has 1 rings (SSSR count). The normalized spacial score (nSPS) is 9.00. The average Bonchev–Trinajstić information content (AvgIpc) is 2.26. The van der Waals surface area contributed by atoms with Crippen molar-refractivity contribution in [1.82, 2.24) is 9.78 Å². The first kappa shape index (κ1) is 8.82. The summed E-state index contributed by atoms with van der Waals surface area (Å²) in [6.07, 6.45) is 0. The number of rotatable bonds is 1. The van der Waals surface area contributed by atoms with Crippen LogP contribution in [0.3, 0.4) is 0 Å². The van der Waals surface area contributed by atoms with Crippen LogP contribution in [0.2, 0.25) is 0 Å². The summed E-state index contributed by atoms with van der Waals surface area (Å²) in [7, 11) is 0. The first-order valence-corrected chi connectivity index (χ1v) is 4.61. The van der Waals surface area contributed by atoms with E-state index in [0.717, 1.165) is 9.21 Å². The van der Waals surface area contributed by atoms with E-state index in [1.807, 2.05) is 13.0 Å². The molecule has 1 aromatic rings. The summed E-state index contributed by atoms with van der Waals surface area (Å²) >= 11 is 6.61. The fraction of sp³-hybridized carbons (Fsp3) is 0.286. The monoisotopic (exact) mass is 276 g/mol. The molecule has 0 bridgehead atoms. The van der Waals surface area contributed by atoms with Gasteiger partial charge < -0.3 is 0 Å². The van der Waals surface area contributed by atoms with E-state index in [1.165, 1.54) is 0 Å². The topological polar surface area (TPSA) is 17.8 Å². The van der Waals surface area contributed by atoms with E-state index < -0.39 is 0 Å². The number of aromatic nitrogens is 2. The molecule has 0 radical (unpaired) electrons. The van der Waals surface area contributed by atoms with Crippen LogP contribution in [-0.4, -0.2) is 9.78 Å². The quantitative estimate of drug-likeness (QED) is 0.721. The van der Waals surface area contributed by atoms with Crippen molar-refractivity contribution in [2.45, 2.75) is 13.5 Å². The number of nitrogens with zero attached hydrogens (tertiary/aromatic N) is 2. The predicted molar refractivity (Wildman–Crippen MR) is 51.1 cm³/mol. The minimum Gasteiger partial charge on any atom is -0.245 e. The first-order chi connectivity index (χ1) is 5.24.